The summed E-state index contributed by atoms with van der Waals surface area (Å²) in [5, 5.41) is 0. The van der Waals surface area contributed by atoms with Crippen LogP contribution >= 0.6 is 0 Å². The summed E-state index contributed by atoms with van der Waals surface area (Å²) < 4.78 is 74.4. The van der Waals surface area contributed by atoms with Crippen LogP contribution in [0.5, 0.6) is 0 Å². The molecule has 0 amide bonds. The van der Waals surface area contributed by atoms with E-state index < -0.39 is 37.9 Å². The lowest BCUT2D eigenvalue weighted by Gasteiger charge is -2.56. The highest BCUT2D eigenvalue weighted by Crippen LogP contribution is 2.60. The van der Waals surface area contributed by atoms with Crippen LogP contribution in [0.25, 0.3) is 0 Å². The second-order valence-corrected chi connectivity index (χ2v) is 39.5. The number of rotatable bonds is 36. The summed E-state index contributed by atoms with van der Waals surface area (Å²) in [4.78, 5) is 82.0. The number of hydrogen-bond donors (Lipinski definition) is 0. The molecule has 672 valence electrons. The topological polar surface area (TPSA) is 249 Å². The van der Waals surface area contributed by atoms with Gasteiger partial charge in [0.2, 0.25) is 12.6 Å². The van der Waals surface area contributed by atoms with Gasteiger partial charge in [0.25, 0.3) is 0 Å². The molecule has 11 aliphatic carbocycles. The summed E-state index contributed by atoms with van der Waals surface area (Å²) in [7, 11) is 3.12. The van der Waals surface area contributed by atoms with Crippen molar-refractivity contribution in [1.29, 1.82) is 0 Å². The highest BCUT2D eigenvalue weighted by atomic mass is 16.7. The van der Waals surface area contributed by atoms with E-state index in [0.29, 0.717) is 42.7 Å². The summed E-state index contributed by atoms with van der Waals surface area (Å²) in [6, 6.07) is 0. The Kier molecular flexibility index (Phi) is 47.3. The van der Waals surface area contributed by atoms with E-state index in [1.807, 2.05) is 159 Å². The molecular weight excluding hydrogens is 1470 g/mol. The highest BCUT2D eigenvalue weighted by Gasteiger charge is 2.52. The summed E-state index contributed by atoms with van der Waals surface area (Å²) in [6.45, 7) is 46.9. The molecule has 0 aromatic carbocycles. The predicted molar refractivity (Wildman–Crippen MR) is 450 cm³/mol. The molecule has 115 heavy (non-hydrogen) atoms. The van der Waals surface area contributed by atoms with Crippen molar-refractivity contribution in [2.24, 2.45) is 96.6 Å². The minimum Gasteiger partial charge on any atom is -0.438 e. The van der Waals surface area contributed by atoms with E-state index in [9.17, 15) is 33.6 Å². The predicted octanol–water partition coefficient (Wildman–Crippen LogP) is 22.2. The van der Waals surface area contributed by atoms with E-state index in [2.05, 4.69) is 4.74 Å². The van der Waals surface area contributed by atoms with Crippen molar-refractivity contribution in [2.75, 3.05) is 68.0 Å². The molecule has 2 unspecified atom stereocenters. The van der Waals surface area contributed by atoms with Gasteiger partial charge < -0.3 is 66.3 Å². The Bertz CT molecular complexity index is 2700. The Labute approximate surface area is 698 Å². The van der Waals surface area contributed by atoms with Gasteiger partial charge in [-0.25, -0.2) is 0 Å². The number of carbonyl (C=O) groups is 7. The molecular formula is C94H170O21. The summed E-state index contributed by atoms with van der Waals surface area (Å²) in [5.74, 6) is 5.85. The third kappa shape index (κ3) is 36.3. The zero-order valence-corrected chi connectivity index (χ0v) is 77.6. The largest absolute Gasteiger partial charge is 0.438 e. The second kappa shape index (κ2) is 51.7. The SMILES string of the molecule is CCC(C)(C)C(=O)OC(OC)C1CCCCC1.CCC(C)(C)C(=O)OCOC.CCC(C)(C)C(=O)OCOC1C2CC3CC(C2)CC1C3.CCC(C)(C)C(=O)OCOC1CCCCC1.CCC(C)(C)C(=O)OCOCC12CC3CC(CC(C3)C1)C2.CCOC(OC(=O)C(C)(C)CC)C1CCCCC1.CCOCOC(=O)C(C)(C)CC. The third-order valence-corrected chi connectivity index (χ3v) is 27.4. The lowest BCUT2D eigenvalue weighted by molar-refractivity contribution is -0.202. The van der Waals surface area contributed by atoms with Crippen LogP contribution in [-0.2, 0) is 99.9 Å². The zero-order valence-electron chi connectivity index (χ0n) is 77.6. The van der Waals surface area contributed by atoms with Gasteiger partial charge in [0.05, 0.1) is 56.7 Å². The molecule has 11 aliphatic rings. The van der Waals surface area contributed by atoms with E-state index in [0.717, 1.165) is 132 Å². The van der Waals surface area contributed by atoms with Crippen LogP contribution < -0.4 is 0 Å². The Hall–Kier alpha value is -3.99. The van der Waals surface area contributed by atoms with Crippen LogP contribution in [0.1, 0.15) is 371 Å². The van der Waals surface area contributed by atoms with Crippen molar-refractivity contribution in [3.8, 4) is 0 Å². The van der Waals surface area contributed by atoms with Crippen molar-refractivity contribution in [1.82, 2.24) is 0 Å². The van der Waals surface area contributed by atoms with Crippen molar-refractivity contribution in [3.05, 3.63) is 0 Å². The van der Waals surface area contributed by atoms with Gasteiger partial charge >= 0.3 is 41.8 Å². The Morgan fingerprint density at radius 1 is 0.330 bits per heavy atom. The smallest absolute Gasteiger partial charge is 0.313 e. The van der Waals surface area contributed by atoms with E-state index in [4.69, 9.17) is 61.6 Å². The van der Waals surface area contributed by atoms with Crippen LogP contribution in [-0.4, -0.2) is 135 Å². The van der Waals surface area contributed by atoms with Crippen LogP contribution in [0.2, 0.25) is 0 Å². The Morgan fingerprint density at radius 3 is 0.974 bits per heavy atom. The van der Waals surface area contributed by atoms with Crippen LogP contribution in [0.4, 0.5) is 0 Å². The second-order valence-electron chi connectivity index (χ2n) is 39.5. The molecule has 0 N–H and O–H groups in total. The monoisotopic (exact) mass is 1640 g/mol. The first-order valence-electron chi connectivity index (χ1n) is 45.4. The molecule has 0 aliphatic heterocycles. The Morgan fingerprint density at radius 2 is 0.635 bits per heavy atom. The number of esters is 7. The molecule has 0 aromatic heterocycles. The Balaban J connectivity index is 0.000000351. The maximum absolute atomic E-state index is 12.1. The molecule has 0 saturated heterocycles. The normalized spacial score (nSPS) is 24.5. The first-order valence-corrected chi connectivity index (χ1v) is 45.4. The van der Waals surface area contributed by atoms with Crippen molar-refractivity contribution in [3.63, 3.8) is 0 Å². The molecule has 0 spiro atoms. The molecule has 11 fully saturated rings. The average Bonchev–Trinajstić information content (AvgIpc) is 0.748. The maximum atomic E-state index is 12.1. The third-order valence-electron chi connectivity index (χ3n) is 27.4. The fraction of sp³-hybridized carbons (Fsp3) is 0.926. The number of carbonyl (C=O) groups excluding carboxylic acids is 7. The van der Waals surface area contributed by atoms with Gasteiger partial charge in [0, 0.05) is 39.3 Å². The summed E-state index contributed by atoms with van der Waals surface area (Å²) in [5.41, 5.74) is -2.39. The molecule has 8 bridgehead atoms. The lowest BCUT2D eigenvalue weighted by atomic mass is 9.50. The van der Waals surface area contributed by atoms with Gasteiger partial charge in [0.15, 0.2) is 34.0 Å². The zero-order chi connectivity index (χ0) is 86.4. The fourth-order valence-corrected chi connectivity index (χ4v) is 16.9. The lowest BCUT2D eigenvalue weighted by Crippen LogP contribution is -2.49. The average molecular weight is 1640 g/mol. The minimum absolute atomic E-state index is 0.0439. The molecule has 0 aromatic rings. The van der Waals surface area contributed by atoms with E-state index in [1.165, 1.54) is 136 Å². The number of hydrogen-bond acceptors (Lipinski definition) is 21. The summed E-state index contributed by atoms with van der Waals surface area (Å²) >= 11 is 0. The van der Waals surface area contributed by atoms with E-state index in [1.54, 1.807) is 7.11 Å². The summed E-state index contributed by atoms with van der Waals surface area (Å²) in [6.07, 6.45) is 38.6. The number of methoxy groups -OCH3 is 2. The molecule has 2 atom stereocenters. The quantitative estimate of drug-likeness (QED) is 0.0245. The van der Waals surface area contributed by atoms with Gasteiger partial charge in [-0.15, -0.1) is 0 Å². The highest BCUT2D eigenvalue weighted by molar-refractivity contribution is 5.78. The van der Waals surface area contributed by atoms with Crippen LogP contribution in [0, 0.1) is 96.6 Å². The maximum Gasteiger partial charge on any atom is 0.313 e. The van der Waals surface area contributed by atoms with Crippen molar-refractivity contribution < 1.29 is 99.9 Å². The first-order chi connectivity index (χ1) is 54.1. The molecule has 0 radical (unpaired) electrons. The van der Waals surface area contributed by atoms with Gasteiger partial charge in [0.1, 0.15) is 0 Å². The molecule has 21 heteroatoms. The van der Waals surface area contributed by atoms with Gasteiger partial charge in [-0.05, 0) is 312 Å². The standard InChI is InChI=1S/C18H30O3.C17H28O3.C15H28O3.C14H26O3.C13H24O3.C9H18O3.C8H16O3/c1-4-17(2,3)16(19)21-12-20-11-18-8-13-5-14(9-18)7-15(6-13)10-18;1-4-17(2,3)16(18)20-10-19-15-13-6-11-5-12(8-13)9-14(15)7-11;1-5-15(3,4)14(16)18-13(17-6-2)12-10-8-7-9-11-12;1-5-14(2,3)13(15)17-12(16-4)11-9-7-6-8-10-11;1-4-13(2,3)12(14)16-10-15-11-8-6-5-7-9-11;1-5-9(3,4)8(10)12-7-11-6-2;1-5-8(2,3)7(9)11-6-10-4/h13-15H,4-12H2,1-3H3;11-15H,4-10H2,1-3H3;12-13H,5-11H2,1-4H3;11-12H,5-10H2,1-4H3;11H,4-10H2,1-3H3;5-7H2,1-4H3;5-6H2,1-4H3. The fourth-order valence-electron chi connectivity index (χ4n) is 16.9. The van der Waals surface area contributed by atoms with Crippen LogP contribution in [0.15, 0.2) is 0 Å². The molecule has 11 saturated carbocycles. The van der Waals surface area contributed by atoms with Gasteiger partial charge in [-0.3, -0.25) is 33.6 Å². The van der Waals surface area contributed by atoms with Gasteiger partial charge in [-0.1, -0.05) is 106 Å². The van der Waals surface area contributed by atoms with Crippen LogP contribution in [0.3, 0.4) is 0 Å². The molecule has 0 heterocycles. The number of ether oxygens (including phenoxy) is 14. The molecule has 11 rings (SSSR count). The van der Waals surface area contributed by atoms with E-state index >= 15 is 0 Å². The molecule has 21 nitrogen and oxygen atoms in total. The minimum atomic E-state index is -0.413. The first kappa shape index (κ1) is 105. The van der Waals surface area contributed by atoms with Crippen molar-refractivity contribution in [2.45, 2.75) is 396 Å². The van der Waals surface area contributed by atoms with Crippen molar-refractivity contribution >= 4 is 41.8 Å². The van der Waals surface area contributed by atoms with E-state index in [-0.39, 0.29) is 88.3 Å². The van der Waals surface area contributed by atoms with Gasteiger partial charge in [-0.2, -0.15) is 0 Å².